The van der Waals surface area contributed by atoms with E-state index in [1.165, 1.54) is 0 Å². The normalized spacial score (nSPS) is 31.2. The number of hydrogen-bond acceptors (Lipinski definition) is 5. The molecule has 0 saturated heterocycles. The molecule has 7 atom stereocenters. The third-order valence-corrected chi connectivity index (χ3v) is 8.63. The lowest BCUT2D eigenvalue weighted by molar-refractivity contribution is -0.142. The molecule has 35 heavy (non-hydrogen) atoms. The summed E-state index contributed by atoms with van der Waals surface area (Å²) in [6.45, 7) is 6.64. The van der Waals surface area contributed by atoms with Gasteiger partial charge >= 0.3 is 0 Å². The molecular weight excluding hydrogens is 444 g/mol. The van der Waals surface area contributed by atoms with Crippen LogP contribution in [0.2, 0.25) is 0 Å². The van der Waals surface area contributed by atoms with E-state index in [-0.39, 0.29) is 46.9 Å². The number of furan rings is 1. The molecule has 4 rings (SSSR count). The third-order valence-electron chi connectivity index (χ3n) is 8.63. The van der Waals surface area contributed by atoms with Crippen LogP contribution in [-0.4, -0.2) is 36.2 Å². The van der Waals surface area contributed by atoms with E-state index in [4.69, 9.17) is 9.15 Å². The number of rotatable bonds is 7. The molecule has 7 nitrogen and oxygen atoms in total. The van der Waals surface area contributed by atoms with Crippen LogP contribution in [0.3, 0.4) is 0 Å². The average Bonchev–Trinajstić information content (AvgIpc) is 3.38. The van der Waals surface area contributed by atoms with Crippen molar-refractivity contribution >= 4 is 11.8 Å². The van der Waals surface area contributed by atoms with Crippen molar-refractivity contribution in [2.45, 2.75) is 65.1 Å². The van der Waals surface area contributed by atoms with Gasteiger partial charge in [-0.3, -0.25) is 9.59 Å². The molecule has 2 fully saturated rings. The minimum atomic E-state index is -0.603. The van der Waals surface area contributed by atoms with E-state index in [1.54, 1.807) is 43.7 Å². The van der Waals surface area contributed by atoms with Crippen molar-refractivity contribution in [2.24, 2.45) is 29.1 Å². The van der Waals surface area contributed by atoms with Crippen molar-refractivity contribution in [3.63, 3.8) is 0 Å². The predicted molar refractivity (Wildman–Crippen MR) is 133 cm³/mol. The molecule has 2 aliphatic rings. The lowest BCUT2D eigenvalue weighted by atomic mass is 9.51. The van der Waals surface area contributed by atoms with E-state index < -0.39 is 6.10 Å². The van der Waals surface area contributed by atoms with Crippen LogP contribution in [0.25, 0.3) is 0 Å². The summed E-state index contributed by atoms with van der Waals surface area (Å²) in [6, 6.07) is 10.7. The second-order valence-corrected chi connectivity index (χ2v) is 10.7. The third kappa shape index (κ3) is 5.25. The minimum Gasteiger partial charge on any atom is -0.497 e. The summed E-state index contributed by atoms with van der Waals surface area (Å²) in [6.07, 6.45) is 4.60. The molecule has 7 heteroatoms. The van der Waals surface area contributed by atoms with Crippen molar-refractivity contribution in [2.75, 3.05) is 7.11 Å². The van der Waals surface area contributed by atoms with Crippen LogP contribution in [-0.2, 0) is 11.3 Å². The Kier molecular flexibility index (Phi) is 7.55. The number of methoxy groups -OCH3 is 1. The van der Waals surface area contributed by atoms with Crippen molar-refractivity contribution < 1.29 is 23.8 Å². The zero-order chi connectivity index (χ0) is 25.2. The first kappa shape index (κ1) is 25.3. The van der Waals surface area contributed by atoms with Gasteiger partial charge in [0.2, 0.25) is 5.91 Å². The van der Waals surface area contributed by atoms with Crippen molar-refractivity contribution in [1.82, 2.24) is 10.6 Å². The molecule has 1 aromatic heterocycles. The molecule has 0 bridgehead atoms. The first-order valence-corrected chi connectivity index (χ1v) is 12.7. The number of benzene rings is 1. The fourth-order valence-corrected chi connectivity index (χ4v) is 6.43. The summed E-state index contributed by atoms with van der Waals surface area (Å²) in [5.74, 6) is 0.904. The standard InChI is InChI=1S/C28H38N2O5/c1-17(26(32)29-16-21-6-5-15-35-21)22-11-13-28(3)14-12-23(18(2)24(28)25(22)31)30-27(33)19-7-9-20(34-4)10-8-19/h5-10,15,17-18,22-25,31H,11-14,16H2,1-4H3,(H,29,32)(H,30,33)/t17-,18+,22-,23-,24+,25-,28-/m0/s1. The number of nitrogens with one attached hydrogen (secondary N) is 2. The average molecular weight is 483 g/mol. The molecule has 2 aliphatic carbocycles. The highest BCUT2D eigenvalue weighted by Crippen LogP contribution is 2.55. The van der Waals surface area contributed by atoms with Gasteiger partial charge in [-0.2, -0.15) is 0 Å². The highest BCUT2D eigenvalue weighted by atomic mass is 16.5. The van der Waals surface area contributed by atoms with Gasteiger partial charge in [0.15, 0.2) is 0 Å². The van der Waals surface area contributed by atoms with Gasteiger partial charge in [0.25, 0.3) is 5.91 Å². The van der Waals surface area contributed by atoms with Gasteiger partial charge in [-0.15, -0.1) is 0 Å². The van der Waals surface area contributed by atoms with Gasteiger partial charge < -0.3 is 24.9 Å². The number of aliphatic hydroxyl groups is 1. The summed E-state index contributed by atoms with van der Waals surface area (Å²) in [5.41, 5.74) is 0.594. The number of carbonyl (C=O) groups excluding carboxylic acids is 2. The van der Waals surface area contributed by atoms with Crippen molar-refractivity contribution in [3.05, 3.63) is 54.0 Å². The van der Waals surface area contributed by atoms with E-state index in [9.17, 15) is 14.7 Å². The van der Waals surface area contributed by atoms with Crippen LogP contribution < -0.4 is 15.4 Å². The van der Waals surface area contributed by atoms with Crippen LogP contribution in [0, 0.1) is 29.1 Å². The molecule has 3 N–H and O–H groups in total. The maximum Gasteiger partial charge on any atom is 0.251 e. The zero-order valence-electron chi connectivity index (χ0n) is 21.1. The molecule has 0 aliphatic heterocycles. The molecule has 1 heterocycles. The van der Waals surface area contributed by atoms with Crippen LogP contribution in [0.5, 0.6) is 5.75 Å². The summed E-state index contributed by atoms with van der Waals surface area (Å²) < 4.78 is 10.5. The lowest BCUT2D eigenvalue weighted by Crippen LogP contribution is -2.58. The largest absolute Gasteiger partial charge is 0.497 e. The second kappa shape index (κ2) is 10.4. The summed E-state index contributed by atoms with van der Waals surface area (Å²) in [4.78, 5) is 25.8. The maximum atomic E-state index is 12.9. The van der Waals surface area contributed by atoms with Gasteiger partial charge in [-0.05, 0) is 85.3 Å². The zero-order valence-corrected chi connectivity index (χ0v) is 21.1. The molecule has 0 unspecified atom stereocenters. The molecule has 190 valence electrons. The Morgan fingerprint density at radius 3 is 2.57 bits per heavy atom. The first-order chi connectivity index (χ1) is 16.7. The molecule has 0 spiro atoms. The number of ether oxygens (including phenoxy) is 1. The number of amides is 2. The second-order valence-electron chi connectivity index (χ2n) is 10.7. The van der Waals surface area contributed by atoms with Crippen LogP contribution >= 0.6 is 0 Å². The van der Waals surface area contributed by atoms with Gasteiger partial charge in [-0.25, -0.2) is 0 Å². The number of aliphatic hydroxyl groups excluding tert-OH is 1. The SMILES string of the molecule is COc1ccc(C(=O)N[C@H]2CC[C@]3(C)CC[C@@H]([C@H](C)C(=O)NCc4ccco4)[C@H](O)[C@H]3[C@@H]2C)cc1. The highest BCUT2D eigenvalue weighted by molar-refractivity contribution is 5.94. The Morgan fingerprint density at radius 1 is 1.20 bits per heavy atom. The lowest BCUT2D eigenvalue weighted by Gasteiger charge is -2.56. The Bertz CT molecular complexity index is 1000. The molecule has 2 aromatic rings. The van der Waals surface area contributed by atoms with Crippen molar-refractivity contribution in [1.29, 1.82) is 0 Å². The summed E-state index contributed by atoms with van der Waals surface area (Å²) in [5, 5.41) is 17.7. The van der Waals surface area contributed by atoms with E-state index in [1.807, 2.05) is 13.0 Å². The predicted octanol–water partition coefficient (Wildman–Crippen LogP) is 4.16. The number of hydrogen-bond donors (Lipinski definition) is 3. The summed E-state index contributed by atoms with van der Waals surface area (Å²) >= 11 is 0. The van der Waals surface area contributed by atoms with Crippen molar-refractivity contribution in [3.8, 4) is 5.75 Å². The summed E-state index contributed by atoms with van der Waals surface area (Å²) in [7, 11) is 1.60. The first-order valence-electron chi connectivity index (χ1n) is 12.7. The van der Waals surface area contributed by atoms with E-state index >= 15 is 0 Å². The molecule has 0 radical (unpaired) electrons. The van der Waals surface area contributed by atoms with Crippen LogP contribution in [0.4, 0.5) is 0 Å². The minimum absolute atomic E-state index is 0.00103. The Labute approximate surface area is 207 Å². The highest BCUT2D eigenvalue weighted by Gasteiger charge is 2.53. The quantitative estimate of drug-likeness (QED) is 0.550. The Morgan fingerprint density at radius 2 is 1.91 bits per heavy atom. The van der Waals surface area contributed by atoms with Gasteiger partial charge in [0, 0.05) is 17.5 Å². The van der Waals surface area contributed by atoms with E-state index in [0.717, 1.165) is 25.7 Å². The smallest absolute Gasteiger partial charge is 0.251 e. The Balaban J connectivity index is 1.42. The van der Waals surface area contributed by atoms with Gasteiger partial charge in [-0.1, -0.05) is 20.8 Å². The van der Waals surface area contributed by atoms with Gasteiger partial charge in [0.1, 0.15) is 11.5 Å². The van der Waals surface area contributed by atoms with Crippen LogP contribution in [0.15, 0.2) is 47.1 Å². The Hall–Kier alpha value is -2.80. The van der Waals surface area contributed by atoms with Crippen LogP contribution in [0.1, 0.15) is 62.6 Å². The van der Waals surface area contributed by atoms with E-state index in [0.29, 0.717) is 23.6 Å². The fraction of sp³-hybridized carbons (Fsp3) is 0.571. The fourth-order valence-electron chi connectivity index (χ4n) is 6.43. The number of fused-ring (bicyclic) bond motifs is 1. The molecule has 1 aromatic carbocycles. The monoisotopic (exact) mass is 482 g/mol. The maximum absolute atomic E-state index is 12.9. The molecule has 2 saturated carbocycles. The molecular formula is C28H38N2O5. The topological polar surface area (TPSA) is 101 Å². The molecule has 2 amide bonds. The van der Waals surface area contributed by atoms with E-state index in [2.05, 4.69) is 24.5 Å². The number of carbonyl (C=O) groups is 2. The van der Waals surface area contributed by atoms with Gasteiger partial charge in [0.05, 0.1) is 26.0 Å².